The number of halogens is 1. The van der Waals surface area contributed by atoms with Crippen molar-refractivity contribution in [2.24, 2.45) is 4.99 Å². The largest absolute Gasteiger partial charge is 0.315 e. The molecule has 0 aliphatic rings. The fourth-order valence-corrected chi connectivity index (χ4v) is 4.87. The average Bonchev–Trinajstić information content (AvgIpc) is 3.20. The topological polar surface area (TPSA) is 47.2 Å². The molecule has 4 nitrogen and oxygen atoms in total. The van der Waals surface area contributed by atoms with E-state index in [1.54, 1.807) is 11.6 Å². The number of hydrogen-bond donors (Lipinski definition) is 0. The molecule has 0 saturated heterocycles. The predicted molar refractivity (Wildman–Crippen MR) is 105 cm³/mol. The molecule has 0 fully saturated rings. The highest BCUT2D eigenvalue weighted by atomic mass is 35.5. The highest BCUT2D eigenvalue weighted by Crippen LogP contribution is 2.26. The first-order valence-corrected chi connectivity index (χ1v) is 9.95. The van der Waals surface area contributed by atoms with Crippen molar-refractivity contribution in [2.45, 2.75) is 19.9 Å². The van der Waals surface area contributed by atoms with Crippen LogP contribution in [0, 0.1) is 0 Å². The van der Waals surface area contributed by atoms with Crippen molar-refractivity contribution >= 4 is 60.6 Å². The van der Waals surface area contributed by atoms with Gasteiger partial charge in [0.25, 0.3) is 5.91 Å². The second-order valence-corrected chi connectivity index (χ2v) is 7.88. The molecular weight excluding hydrogens is 374 g/mol. The van der Waals surface area contributed by atoms with Crippen molar-refractivity contribution < 1.29 is 4.79 Å². The molecule has 2 aromatic carbocycles. The first-order chi connectivity index (χ1) is 12.2. The van der Waals surface area contributed by atoms with E-state index in [1.165, 1.54) is 22.7 Å². The van der Waals surface area contributed by atoms with Gasteiger partial charge in [0.05, 0.1) is 31.0 Å². The number of aromatic nitrogens is 2. The molecule has 0 unspecified atom stereocenters. The molecule has 2 heterocycles. The lowest BCUT2D eigenvalue weighted by atomic mass is 10.2. The minimum atomic E-state index is -0.247. The summed E-state index contributed by atoms with van der Waals surface area (Å²) >= 11 is 9.38. The number of para-hydroxylation sites is 1. The van der Waals surface area contributed by atoms with Crippen LogP contribution in [0.15, 0.2) is 46.9 Å². The number of hydrogen-bond acceptors (Lipinski definition) is 4. The van der Waals surface area contributed by atoms with Crippen LogP contribution in [0.5, 0.6) is 0 Å². The molecule has 0 aliphatic heterocycles. The van der Waals surface area contributed by atoms with E-state index in [4.69, 9.17) is 11.6 Å². The zero-order valence-electron chi connectivity index (χ0n) is 13.4. The number of benzene rings is 2. The van der Waals surface area contributed by atoms with Gasteiger partial charge in [-0.05, 0) is 36.8 Å². The van der Waals surface area contributed by atoms with E-state index in [0.717, 1.165) is 33.4 Å². The summed E-state index contributed by atoms with van der Waals surface area (Å²) in [5.74, 6) is -0.247. The molecule has 0 atom stereocenters. The lowest BCUT2D eigenvalue weighted by Gasteiger charge is -2.04. The standard InChI is InChI=1S/C18H14ClN3OS2/c1-2-8-22-16-12(19)4-3-5-14(16)25-18(22)21-17(23)11-6-7-13-15(9-11)24-10-20-13/h3-7,9-10H,2,8H2,1H3. The number of nitrogens with zero attached hydrogens (tertiary/aromatic N) is 3. The van der Waals surface area contributed by atoms with Gasteiger partial charge < -0.3 is 4.57 Å². The Bertz CT molecular complexity index is 1160. The first kappa shape index (κ1) is 16.4. The summed E-state index contributed by atoms with van der Waals surface area (Å²) in [5, 5.41) is 0.683. The Morgan fingerprint density at radius 3 is 3.00 bits per heavy atom. The molecule has 2 aromatic heterocycles. The van der Waals surface area contributed by atoms with Crippen LogP contribution in [0.1, 0.15) is 23.7 Å². The van der Waals surface area contributed by atoms with E-state index in [-0.39, 0.29) is 5.91 Å². The monoisotopic (exact) mass is 387 g/mol. The maximum absolute atomic E-state index is 12.7. The molecular formula is C18H14ClN3OS2. The summed E-state index contributed by atoms with van der Waals surface area (Å²) in [4.78, 5) is 22.0. The molecule has 0 radical (unpaired) electrons. The van der Waals surface area contributed by atoms with Gasteiger partial charge in [-0.15, -0.1) is 11.3 Å². The molecule has 0 aliphatic carbocycles. The van der Waals surface area contributed by atoms with E-state index in [9.17, 15) is 4.79 Å². The number of amides is 1. The minimum absolute atomic E-state index is 0.247. The number of carbonyl (C=O) groups is 1. The van der Waals surface area contributed by atoms with Crippen LogP contribution in [-0.2, 0) is 6.54 Å². The molecule has 0 saturated carbocycles. The van der Waals surface area contributed by atoms with Crippen LogP contribution >= 0.6 is 34.3 Å². The molecule has 25 heavy (non-hydrogen) atoms. The third-order valence-electron chi connectivity index (χ3n) is 3.87. The van der Waals surface area contributed by atoms with Crippen LogP contribution < -0.4 is 4.80 Å². The van der Waals surface area contributed by atoms with Crippen LogP contribution in [-0.4, -0.2) is 15.5 Å². The van der Waals surface area contributed by atoms with Gasteiger partial charge in [-0.3, -0.25) is 4.79 Å². The van der Waals surface area contributed by atoms with E-state index >= 15 is 0 Å². The van der Waals surface area contributed by atoms with Crippen molar-refractivity contribution in [1.82, 2.24) is 9.55 Å². The lowest BCUT2D eigenvalue weighted by Crippen LogP contribution is -2.17. The average molecular weight is 388 g/mol. The Kier molecular flexibility index (Phi) is 4.41. The molecule has 4 aromatic rings. The normalized spacial score (nSPS) is 12.3. The first-order valence-electron chi connectivity index (χ1n) is 7.87. The van der Waals surface area contributed by atoms with Gasteiger partial charge in [0.15, 0.2) is 4.80 Å². The van der Waals surface area contributed by atoms with Crippen LogP contribution in [0.25, 0.3) is 20.4 Å². The predicted octanol–water partition coefficient (Wildman–Crippen LogP) is 5.12. The van der Waals surface area contributed by atoms with Gasteiger partial charge in [-0.25, -0.2) is 4.98 Å². The molecule has 1 amide bonds. The van der Waals surface area contributed by atoms with Gasteiger partial charge in [-0.2, -0.15) is 4.99 Å². The van der Waals surface area contributed by atoms with Gasteiger partial charge in [-0.1, -0.05) is 35.9 Å². The lowest BCUT2D eigenvalue weighted by molar-refractivity contribution is 0.0998. The fourth-order valence-electron chi connectivity index (χ4n) is 2.74. The van der Waals surface area contributed by atoms with E-state index in [1.807, 2.05) is 34.9 Å². The van der Waals surface area contributed by atoms with Gasteiger partial charge in [0, 0.05) is 12.1 Å². The summed E-state index contributed by atoms with van der Waals surface area (Å²) < 4.78 is 4.05. The van der Waals surface area contributed by atoms with Crippen molar-refractivity contribution in [3.63, 3.8) is 0 Å². The summed E-state index contributed by atoms with van der Waals surface area (Å²) in [5.41, 5.74) is 4.19. The molecule has 7 heteroatoms. The zero-order chi connectivity index (χ0) is 17.4. The number of aryl methyl sites for hydroxylation is 1. The summed E-state index contributed by atoms with van der Waals surface area (Å²) in [6, 6.07) is 11.3. The molecule has 4 rings (SSSR count). The highest BCUT2D eigenvalue weighted by molar-refractivity contribution is 7.17. The summed E-state index contributed by atoms with van der Waals surface area (Å²) in [6.45, 7) is 2.86. The molecule has 0 bridgehead atoms. The van der Waals surface area contributed by atoms with Crippen molar-refractivity contribution in [3.8, 4) is 0 Å². The Morgan fingerprint density at radius 1 is 1.28 bits per heavy atom. The van der Waals surface area contributed by atoms with Gasteiger partial charge in [0.2, 0.25) is 0 Å². The minimum Gasteiger partial charge on any atom is -0.315 e. The highest BCUT2D eigenvalue weighted by Gasteiger charge is 2.12. The second-order valence-electron chi connectivity index (χ2n) is 5.57. The van der Waals surface area contributed by atoms with E-state index in [2.05, 4.69) is 16.9 Å². The Morgan fingerprint density at radius 2 is 2.16 bits per heavy atom. The Balaban J connectivity index is 1.86. The smallest absolute Gasteiger partial charge is 0.279 e. The fraction of sp³-hybridized carbons (Fsp3) is 0.167. The molecule has 0 N–H and O–H groups in total. The van der Waals surface area contributed by atoms with E-state index in [0.29, 0.717) is 15.4 Å². The molecule has 126 valence electrons. The quantitative estimate of drug-likeness (QED) is 0.490. The summed E-state index contributed by atoms with van der Waals surface area (Å²) in [7, 11) is 0. The van der Waals surface area contributed by atoms with E-state index < -0.39 is 0 Å². The third kappa shape index (κ3) is 3.01. The molecule has 0 spiro atoms. The maximum Gasteiger partial charge on any atom is 0.279 e. The van der Waals surface area contributed by atoms with Crippen molar-refractivity contribution in [2.75, 3.05) is 0 Å². The van der Waals surface area contributed by atoms with Crippen LogP contribution in [0.4, 0.5) is 0 Å². The van der Waals surface area contributed by atoms with Crippen molar-refractivity contribution in [3.05, 3.63) is 57.3 Å². The summed E-state index contributed by atoms with van der Waals surface area (Å²) in [6.07, 6.45) is 0.936. The van der Waals surface area contributed by atoms with Gasteiger partial charge in [0.1, 0.15) is 0 Å². The Hall–Kier alpha value is -2.02. The zero-order valence-corrected chi connectivity index (χ0v) is 15.8. The Labute approximate surface area is 157 Å². The maximum atomic E-state index is 12.7. The van der Waals surface area contributed by atoms with Crippen LogP contribution in [0.3, 0.4) is 0 Å². The third-order valence-corrected chi connectivity index (χ3v) is 6.01. The number of carbonyl (C=O) groups excluding carboxylic acids is 1. The SMILES string of the molecule is CCCn1c(=NC(=O)c2ccc3ncsc3c2)sc2cccc(Cl)c21. The number of fused-ring (bicyclic) bond motifs is 2. The van der Waals surface area contributed by atoms with Gasteiger partial charge >= 0.3 is 0 Å². The van der Waals surface area contributed by atoms with Crippen molar-refractivity contribution in [1.29, 1.82) is 0 Å². The number of rotatable bonds is 3. The number of thiazole rings is 2. The van der Waals surface area contributed by atoms with Crippen LogP contribution in [0.2, 0.25) is 5.02 Å². The second kappa shape index (κ2) is 6.71.